The van der Waals surface area contributed by atoms with Gasteiger partial charge in [0.15, 0.2) is 0 Å². The number of benzene rings is 2. The van der Waals surface area contributed by atoms with Gasteiger partial charge in [-0.3, -0.25) is 4.79 Å². The van der Waals surface area contributed by atoms with Crippen molar-refractivity contribution in [3.05, 3.63) is 59.7 Å². The van der Waals surface area contributed by atoms with Crippen LogP contribution in [0.4, 0.5) is 18.9 Å². The van der Waals surface area contributed by atoms with E-state index in [4.69, 9.17) is 0 Å². The van der Waals surface area contributed by atoms with Gasteiger partial charge in [-0.1, -0.05) is 23.8 Å². The standard InChI is InChI=1S/C17H16F3NOS/c1-12-5-7-15(8-6-12)23-10-9-16(22)21-14-4-2-3-13(11-14)17(18,19)20/h2-8,11H,9-10H2,1H3,(H,21,22). The number of carbonyl (C=O) groups is 1. The molecule has 0 atom stereocenters. The van der Waals surface area contributed by atoms with Crippen LogP contribution in [0.15, 0.2) is 53.4 Å². The predicted molar refractivity (Wildman–Crippen MR) is 86.6 cm³/mol. The molecule has 23 heavy (non-hydrogen) atoms. The van der Waals surface area contributed by atoms with Crippen molar-refractivity contribution in [1.29, 1.82) is 0 Å². The van der Waals surface area contributed by atoms with Crippen molar-refractivity contribution in [3.63, 3.8) is 0 Å². The van der Waals surface area contributed by atoms with Crippen molar-refractivity contribution in [3.8, 4) is 0 Å². The van der Waals surface area contributed by atoms with Crippen LogP contribution in [0.5, 0.6) is 0 Å². The maximum atomic E-state index is 12.6. The lowest BCUT2D eigenvalue weighted by Gasteiger charge is -2.10. The summed E-state index contributed by atoms with van der Waals surface area (Å²) in [6.07, 6.45) is -4.18. The zero-order chi connectivity index (χ0) is 16.9. The summed E-state index contributed by atoms with van der Waals surface area (Å²) >= 11 is 1.53. The fourth-order valence-corrected chi connectivity index (χ4v) is 2.74. The summed E-state index contributed by atoms with van der Waals surface area (Å²) in [4.78, 5) is 12.9. The summed E-state index contributed by atoms with van der Waals surface area (Å²) < 4.78 is 37.8. The molecule has 6 heteroatoms. The van der Waals surface area contributed by atoms with Gasteiger partial charge in [0.05, 0.1) is 5.56 Å². The number of nitrogens with one attached hydrogen (secondary N) is 1. The SMILES string of the molecule is Cc1ccc(SCCC(=O)Nc2cccc(C(F)(F)F)c2)cc1. The van der Waals surface area contributed by atoms with Crippen LogP contribution in [0, 0.1) is 6.92 Å². The Morgan fingerprint density at radius 1 is 1.13 bits per heavy atom. The van der Waals surface area contributed by atoms with Crippen LogP contribution in [0.3, 0.4) is 0 Å². The minimum absolute atomic E-state index is 0.158. The highest BCUT2D eigenvalue weighted by Crippen LogP contribution is 2.30. The minimum Gasteiger partial charge on any atom is -0.326 e. The summed E-state index contributed by atoms with van der Waals surface area (Å²) in [6.45, 7) is 2.00. The molecule has 2 aromatic carbocycles. The molecule has 0 aliphatic rings. The van der Waals surface area contributed by atoms with Crippen LogP contribution in [0.2, 0.25) is 0 Å². The van der Waals surface area contributed by atoms with Crippen molar-refractivity contribution in [1.82, 2.24) is 0 Å². The second-order valence-electron chi connectivity index (χ2n) is 5.04. The van der Waals surface area contributed by atoms with Crippen molar-refractivity contribution in [2.24, 2.45) is 0 Å². The number of hydrogen-bond donors (Lipinski definition) is 1. The van der Waals surface area contributed by atoms with Gasteiger partial charge in [-0.05, 0) is 37.3 Å². The van der Waals surface area contributed by atoms with Crippen molar-refractivity contribution in [2.75, 3.05) is 11.1 Å². The van der Waals surface area contributed by atoms with Gasteiger partial charge in [0.25, 0.3) is 0 Å². The number of rotatable bonds is 5. The van der Waals surface area contributed by atoms with Crippen molar-refractivity contribution < 1.29 is 18.0 Å². The second-order valence-corrected chi connectivity index (χ2v) is 6.21. The van der Waals surface area contributed by atoms with Crippen molar-refractivity contribution >= 4 is 23.4 Å². The number of amides is 1. The van der Waals surface area contributed by atoms with E-state index in [-0.39, 0.29) is 18.0 Å². The first-order valence-corrected chi connectivity index (χ1v) is 8.00. The van der Waals surface area contributed by atoms with Crippen LogP contribution in [-0.2, 0) is 11.0 Å². The Bertz CT molecular complexity index is 668. The third-order valence-electron chi connectivity index (χ3n) is 3.09. The van der Waals surface area contributed by atoms with Gasteiger partial charge in [0.2, 0.25) is 5.91 Å². The van der Waals surface area contributed by atoms with Crippen molar-refractivity contribution in [2.45, 2.75) is 24.4 Å². The van der Waals surface area contributed by atoms with E-state index < -0.39 is 11.7 Å². The van der Waals surface area contributed by atoms with E-state index in [0.717, 1.165) is 22.6 Å². The number of aryl methyl sites for hydroxylation is 1. The molecule has 0 aromatic heterocycles. The third-order valence-corrected chi connectivity index (χ3v) is 4.11. The molecule has 0 bridgehead atoms. The molecule has 122 valence electrons. The molecular weight excluding hydrogens is 323 g/mol. The highest BCUT2D eigenvalue weighted by atomic mass is 32.2. The molecule has 0 fully saturated rings. The van der Waals surface area contributed by atoms with Gasteiger partial charge in [-0.25, -0.2) is 0 Å². The van der Waals surface area contributed by atoms with Gasteiger partial charge in [-0.15, -0.1) is 11.8 Å². The Hall–Kier alpha value is -1.95. The maximum absolute atomic E-state index is 12.6. The first-order chi connectivity index (χ1) is 10.8. The van der Waals surface area contributed by atoms with E-state index in [2.05, 4.69) is 5.32 Å². The molecule has 0 spiro atoms. The number of hydrogen-bond acceptors (Lipinski definition) is 2. The van der Waals surface area contributed by atoms with E-state index in [1.807, 2.05) is 31.2 Å². The normalized spacial score (nSPS) is 11.3. The molecule has 2 nitrogen and oxygen atoms in total. The number of alkyl halides is 3. The monoisotopic (exact) mass is 339 g/mol. The number of halogens is 3. The fourth-order valence-electron chi connectivity index (χ4n) is 1.89. The Balaban J connectivity index is 1.84. The first-order valence-electron chi connectivity index (χ1n) is 7.01. The fraction of sp³-hybridized carbons (Fsp3) is 0.235. The van der Waals surface area contributed by atoms with E-state index in [1.165, 1.54) is 23.9 Å². The molecule has 0 saturated heterocycles. The van der Waals surface area contributed by atoms with Crippen LogP contribution in [0.1, 0.15) is 17.5 Å². The van der Waals surface area contributed by atoms with E-state index in [1.54, 1.807) is 0 Å². The highest BCUT2D eigenvalue weighted by Gasteiger charge is 2.30. The topological polar surface area (TPSA) is 29.1 Å². The Morgan fingerprint density at radius 3 is 2.48 bits per heavy atom. The number of thioether (sulfide) groups is 1. The van der Waals surface area contributed by atoms with Crippen LogP contribution >= 0.6 is 11.8 Å². The Labute approximate surface area is 137 Å². The predicted octanol–water partition coefficient (Wildman–Crippen LogP) is 5.13. The molecule has 2 rings (SSSR count). The molecule has 2 aromatic rings. The van der Waals surface area contributed by atoms with Gasteiger partial charge in [0.1, 0.15) is 0 Å². The lowest BCUT2D eigenvalue weighted by atomic mass is 10.2. The third kappa shape index (κ3) is 5.63. The average Bonchev–Trinajstić information content (AvgIpc) is 2.49. The number of carbonyl (C=O) groups excluding carboxylic acids is 1. The molecular formula is C17H16F3NOS. The molecule has 0 aliphatic carbocycles. The molecule has 0 aliphatic heterocycles. The van der Waals surface area contributed by atoms with Gasteiger partial charge in [-0.2, -0.15) is 13.2 Å². The number of anilines is 1. The van der Waals surface area contributed by atoms with E-state index >= 15 is 0 Å². The molecule has 0 heterocycles. The smallest absolute Gasteiger partial charge is 0.326 e. The van der Waals surface area contributed by atoms with Gasteiger partial charge < -0.3 is 5.32 Å². The summed E-state index contributed by atoms with van der Waals surface area (Å²) in [5, 5.41) is 2.50. The zero-order valence-corrected chi connectivity index (χ0v) is 13.3. The summed E-state index contributed by atoms with van der Waals surface area (Å²) in [5.74, 6) is 0.261. The minimum atomic E-state index is -4.41. The average molecular weight is 339 g/mol. The van der Waals surface area contributed by atoms with Crippen LogP contribution < -0.4 is 5.32 Å². The summed E-state index contributed by atoms with van der Waals surface area (Å²) in [7, 11) is 0. The van der Waals surface area contributed by atoms with Crippen LogP contribution in [0.25, 0.3) is 0 Å². The van der Waals surface area contributed by atoms with E-state index in [9.17, 15) is 18.0 Å². The first kappa shape index (κ1) is 17.4. The largest absolute Gasteiger partial charge is 0.416 e. The lowest BCUT2D eigenvalue weighted by molar-refractivity contribution is -0.137. The molecule has 1 amide bonds. The molecule has 1 N–H and O–H groups in total. The van der Waals surface area contributed by atoms with Gasteiger partial charge in [0, 0.05) is 22.8 Å². The highest BCUT2D eigenvalue weighted by molar-refractivity contribution is 7.99. The lowest BCUT2D eigenvalue weighted by Crippen LogP contribution is -2.13. The molecule has 0 unspecified atom stereocenters. The van der Waals surface area contributed by atoms with E-state index in [0.29, 0.717) is 5.75 Å². The zero-order valence-electron chi connectivity index (χ0n) is 12.5. The van der Waals surface area contributed by atoms with Gasteiger partial charge >= 0.3 is 6.18 Å². The molecule has 0 radical (unpaired) electrons. The molecule has 0 saturated carbocycles. The summed E-state index contributed by atoms with van der Waals surface area (Å²) in [6, 6.07) is 12.6. The second kappa shape index (κ2) is 7.55. The maximum Gasteiger partial charge on any atom is 0.416 e. The van der Waals surface area contributed by atoms with Crippen LogP contribution in [-0.4, -0.2) is 11.7 Å². The Kier molecular flexibility index (Phi) is 5.71. The Morgan fingerprint density at radius 2 is 1.83 bits per heavy atom. The summed E-state index contributed by atoms with van der Waals surface area (Å²) in [5.41, 5.74) is 0.547. The quantitative estimate of drug-likeness (QED) is 0.765.